The van der Waals surface area contributed by atoms with E-state index in [2.05, 4.69) is 4.90 Å². The molecule has 2 aliphatic rings. The lowest BCUT2D eigenvalue weighted by Crippen LogP contribution is -2.46. The van der Waals surface area contributed by atoms with Gasteiger partial charge in [0.1, 0.15) is 6.17 Å². The lowest BCUT2D eigenvalue weighted by molar-refractivity contribution is -0.119. The van der Waals surface area contributed by atoms with Crippen molar-refractivity contribution < 1.29 is 14.4 Å². The van der Waals surface area contributed by atoms with Crippen LogP contribution in [0.1, 0.15) is 44.7 Å². The highest BCUT2D eigenvalue weighted by Gasteiger charge is 2.36. The van der Waals surface area contributed by atoms with Crippen molar-refractivity contribution in [2.75, 3.05) is 24.5 Å². The van der Waals surface area contributed by atoms with Gasteiger partial charge in [-0.1, -0.05) is 36.4 Å². The van der Waals surface area contributed by atoms with Crippen molar-refractivity contribution in [1.29, 1.82) is 0 Å². The van der Waals surface area contributed by atoms with Crippen molar-refractivity contribution in [2.24, 2.45) is 5.73 Å². The number of amides is 1. The molecule has 1 aliphatic heterocycles. The largest absolute Gasteiger partial charge is 0.350 e. The van der Waals surface area contributed by atoms with Gasteiger partial charge in [-0.3, -0.25) is 14.4 Å². The van der Waals surface area contributed by atoms with Crippen molar-refractivity contribution in [1.82, 2.24) is 4.90 Å². The highest BCUT2D eigenvalue weighted by Crippen LogP contribution is 2.37. The Morgan fingerprint density at radius 1 is 1.04 bits per heavy atom. The molecule has 6 nitrogen and oxygen atoms in total. The van der Waals surface area contributed by atoms with Gasteiger partial charge in [0.05, 0.1) is 11.3 Å². The Morgan fingerprint density at radius 2 is 1.74 bits per heavy atom. The molecular formula is C21H21N3O3. The van der Waals surface area contributed by atoms with Crippen LogP contribution in [-0.4, -0.2) is 48.7 Å². The molecule has 27 heavy (non-hydrogen) atoms. The Morgan fingerprint density at radius 3 is 2.44 bits per heavy atom. The molecular weight excluding hydrogens is 342 g/mol. The van der Waals surface area contributed by atoms with Gasteiger partial charge < -0.3 is 15.5 Å². The molecule has 0 saturated carbocycles. The third-order valence-corrected chi connectivity index (χ3v) is 5.37. The second-order valence-electron chi connectivity index (χ2n) is 6.85. The minimum absolute atomic E-state index is 0.132. The monoisotopic (exact) mass is 363 g/mol. The van der Waals surface area contributed by atoms with Gasteiger partial charge in [0.2, 0.25) is 6.41 Å². The molecule has 0 unspecified atom stereocenters. The Labute approximate surface area is 157 Å². The van der Waals surface area contributed by atoms with E-state index >= 15 is 0 Å². The molecule has 0 radical (unpaired) electrons. The number of rotatable bonds is 5. The van der Waals surface area contributed by atoms with E-state index in [1.807, 2.05) is 6.07 Å². The maximum atomic E-state index is 13.2. The van der Waals surface area contributed by atoms with Gasteiger partial charge in [-0.05, 0) is 18.9 Å². The Hall–Kier alpha value is -2.99. The predicted octanol–water partition coefficient (Wildman–Crippen LogP) is 1.81. The fourth-order valence-corrected chi connectivity index (χ4v) is 4.16. The van der Waals surface area contributed by atoms with Gasteiger partial charge in [0.25, 0.3) is 0 Å². The molecule has 6 heteroatoms. The first-order chi connectivity index (χ1) is 13.2. The zero-order chi connectivity index (χ0) is 19.0. The van der Waals surface area contributed by atoms with Crippen molar-refractivity contribution in [2.45, 2.75) is 19.0 Å². The number of anilines is 1. The molecule has 2 aromatic carbocycles. The van der Waals surface area contributed by atoms with Crippen molar-refractivity contribution >= 4 is 23.7 Å². The summed E-state index contributed by atoms with van der Waals surface area (Å²) in [5, 5.41) is 0. The molecule has 0 spiro atoms. The Bertz CT molecular complexity index is 925. The van der Waals surface area contributed by atoms with Gasteiger partial charge in [0.15, 0.2) is 11.6 Å². The van der Waals surface area contributed by atoms with Crippen LogP contribution in [0.5, 0.6) is 0 Å². The number of benzene rings is 2. The summed E-state index contributed by atoms with van der Waals surface area (Å²) in [6.07, 6.45) is 2.37. The zero-order valence-electron chi connectivity index (χ0n) is 14.9. The van der Waals surface area contributed by atoms with Crippen LogP contribution < -0.4 is 10.6 Å². The van der Waals surface area contributed by atoms with Crippen molar-refractivity contribution in [3.05, 3.63) is 64.7 Å². The molecule has 1 fully saturated rings. The Balaban J connectivity index is 1.81. The molecule has 2 aromatic rings. The van der Waals surface area contributed by atoms with E-state index in [9.17, 15) is 14.4 Å². The van der Waals surface area contributed by atoms with Crippen LogP contribution in [-0.2, 0) is 4.79 Å². The smallest absolute Gasteiger partial charge is 0.211 e. The predicted molar refractivity (Wildman–Crippen MR) is 102 cm³/mol. The first kappa shape index (κ1) is 17.4. The number of nitrogens with two attached hydrogens (primary N) is 1. The van der Waals surface area contributed by atoms with Crippen LogP contribution in [0.25, 0.3) is 0 Å². The second kappa shape index (κ2) is 6.96. The van der Waals surface area contributed by atoms with Gasteiger partial charge in [-0.25, -0.2) is 0 Å². The summed E-state index contributed by atoms with van der Waals surface area (Å²) < 4.78 is 0. The average Bonchev–Trinajstić information content (AvgIpc) is 3.19. The van der Waals surface area contributed by atoms with E-state index in [4.69, 9.17) is 5.73 Å². The number of ketones is 2. The van der Waals surface area contributed by atoms with Crippen LogP contribution in [0.15, 0.2) is 42.5 Å². The van der Waals surface area contributed by atoms with Crippen LogP contribution >= 0.6 is 0 Å². The molecule has 138 valence electrons. The van der Waals surface area contributed by atoms with E-state index in [1.165, 1.54) is 0 Å². The standard InChI is InChI=1S/C21H21N3O3/c22-10-12-23(13-25)18-9-4-11-24(18)17-8-3-7-16-19(17)21(27)15-6-2-1-5-14(15)20(16)26/h1-3,5-8,13,18H,4,9-12,22H2/t18-/m1/s1. The third kappa shape index (κ3) is 2.73. The highest BCUT2D eigenvalue weighted by molar-refractivity contribution is 6.30. The second-order valence-corrected chi connectivity index (χ2v) is 6.85. The first-order valence-electron chi connectivity index (χ1n) is 9.16. The molecule has 2 N–H and O–H groups in total. The lowest BCUT2D eigenvalue weighted by atomic mass is 9.83. The van der Waals surface area contributed by atoms with Crippen LogP contribution in [0.2, 0.25) is 0 Å². The number of hydrogen-bond donors (Lipinski definition) is 1. The van der Waals surface area contributed by atoms with Crippen LogP contribution in [0.3, 0.4) is 0 Å². The molecule has 1 aliphatic carbocycles. The van der Waals surface area contributed by atoms with E-state index in [1.54, 1.807) is 41.3 Å². The summed E-state index contributed by atoms with van der Waals surface area (Å²) >= 11 is 0. The minimum Gasteiger partial charge on any atom is -0.350 e. The molecule has 0 aromatic heterocycles. The van der Waals surface area contributed by atoms with Crippen LogP contribution in [0, 0.1) is 0 Å². The average molecular weight is 363 g/mol. The summed E-state index contributed by atoms with van der Waals surface area (Å²) in [6, 6.07) is 12.3. The zero-order valence-corrected chi connectivity index (χ0v) is 14.9. The topological polar surface area (TPSA) is 83.7 Å². The fraction of sp³-hybridized carbons (Fsp3) is 0.286. The molecule has 4 rings (SSSR count). The maximum Gasteiger partial charge on any atom is 0.211 e. The van der Waals surface area contributed by atoms with Crippen molar-refractivity contribution in [3.8, 4) is 0 Å². The third-order valence-electron chi connectivity index (χ3n) is 5.37. The highest BCUT2D eigenvalue weighted by atomic mass is 16.1. The van der Waals surface area contributed by atoms with E-state index in [0.29, 0.717) is 41.0 Å². The van der Waals surface area contributed by atoms with Crippen molar-refractivity contribution in [3.63, 3.8) is 0 Å². The molecule has 1 heterocycles. The molecule has 0 bridgehead atoms. The lowest BCUT2D eigenvalue weighted by Gasteiger charge is -2.35. The van der Waals surface area contributed by atoms with Gasteiger partial charge >= 0.3 is 0 Å². The summed E-state index contributed by atoms with van der Waals surface area (Å²) in [5.74, 6) is -0.273. The number of carbonyl (C=O) groups is 3. The van der Waals surface area contributed by atoms with E-state index in [0.717, 1.165) is 25.8 Å². The van der Waals surface area contributed by atoms with Crippen LogP contribution in [0.4, 0.5) is 5.69 Å². The van der Waals surface area contributed by atoms with Gasteiger partial charge in [-0.15, -0.1) is 0 Å². The number of carbonyl (C=O) groups excluding carboxylic acids is 3. The molecule has 1 atom stereocenters. The van der Waals surface area contributed by atoms with Gasteiger partial charge in [0, 0.05) is 36.3 Å². The quantitative estimate of drug-likeness (QED) is 0.699. The summed E-state index contributed by atoms with van der Waals surface area (Å²) in [7, 11) is 0. The number of hydrogen-bond acceptors (Lipinski definition) is 5. The SMILES string of the molecule is NCCN(C=O)[C@H]1CCCN1c1cccc2c1C(=O)c1ccccc1C2=O. The minimum atomic E-state index is -0.155. The summed E-state index contributed by atoms with van der Waals surface area (Å²) in [6.45, 7) is 1.55. The van der Waals surface area contributed by atoms with E-state index in [-0.39, 0.29) is 17.7 Å². The molecule has 1 amide bonds. The van der Waals surface area contributed by atoms with Gasteiger partial charge in [-0.2, -0.15) is 0 Å². The van der Waals surface area contributed by atoms with E-state index < -0.39 is 0 Å². The fourth-order valence-electron chi connectivity index (χ4n) is 4.16. The maximum absolute atomic E-state index is 13.2. The normalized spacial score (nSPS) is 18.3. The summed E-state index contributed by atoms with van der Waals surface area (Å²) in [5.41, 5.74) is 8.11. The first-order valence-corrected chi connectivity index (χ1v) is 9.16. The Kier molecular flexibility index (Phi) is 4.49. The molecule has 1 saturated heterocycles. The number of nitrogens with zero attached hydrogens (tertiary/aromatic N) is 2. The number of fused-ring (bicyclic) bond motifs is 2. The summed E-state index contributed by atoms with van der Waals surface area (Å²) in [4.78, 5) is 41.4.